The Kier molecular flexibility index (Phi) is 8.42. The molecule has 2 atom stereocenters. The Morgan fingerprint density at radius 1 is 1.00 bits per heavy atom. The Labute approximate surface area is 162 Å². The standard InChI is InChI=1S/C20H29O6P/c1-19(2,3)12-20(4,13-27-5)18(24)26-11-10-25-17(23)15-9-7-6-8-14(15)16(21)22/h6-9,27H,10-13H2,1-5H3,(H,21,22). The van der Waals surface area contributed by atoms with Gasteiger partial charge in [0.15, 0.2) is 0 Å². The molecule has 0 radical (unpaired) electrons. The summed E-state index contributed by atoms with van der Waals surface area (Å²) < 4.78 is 10.4. The molecule has 1 N–H and O–H groups in total. The first-order valence-electron chi connectivity index (χ1n) is 8.81. The summed E-state index contributed by atoms with van der Waals surface area (Å²) in [6, 6.07) is 5.82. The number of ether oxygens (including phenoxy) is 2. The Morgan fingerprint density at radius 2 is 1.56 bits per heavy atom. The van der Waals surface area contributed by atoms with Gasteiger partial charge in [0.1, 0.15) is 13.2 Å². The molecule has 0 heterocycles. The van der Waals surface area contributed by atoms with Crippen molar-refractivity contribution in [3.8, 4) is 0 Å². The number of rotatable bonds is 9. The van der Waals surface area contributed by atoms with E-state index in [1.165, 1.54) is 18.2 Å². The molecule has 0 aliphatic carbocycles. The molecule has 150 valence electrons. The van der Waals surface area contributed by atoms with Crippen molar-refractivity contribution < 1.29 is 29.0 Å². The molecule has 0 spiro atoms. The molecule has 7 heteroatoms. The molecule has 6 nitrogen and oxygen atoms in total. The quantitative estimate of drug-likeness (QED) is 0.388. The lowest BCUT2D eigenvalue weighted by Gasteiger charge is -2.33. The zero-order valence-electron chi connectivity index (χ0n) is 16.6. The predicted octanol–water partition coefficient (Wildman–Crippen LogP) is 3.84. The number of carboxylic acid groups (broad SMARTS) is 1. The fourth-order valence-corrected chi connectivity index (χ4v) is 4.19. The van der Waals surface area contributed by atoms with Crippen LogP contribution in [0.15, 0.2) is 24.3 Å². The van der Waals surface area contributed by atoms with Gasteiger partial charge in [-0.2, -0.15) is 0 Å². The molecule has 0 saturated carbocycles. The maximum atomic E-state index is 12.6. The molecule has 0 aliphatic heterocycles. The summed E-state index contributed by atoms with van der Waals surface area (Å²) in [5.41, 5.74) is -0.742. The van der Waals surface area contributed by atoms with Crippen LogP contribution in [0.25, 0.3) is 0 Å². The first-order chi connectivity index (χ1) is 12.5. The summed E-state index contributed by atoms with van der Waals surface area (Å²) in [5, 5.41) is 9.12. The fraction of sp³-hybridized carbons (Fsp3) is 0.550. The minimum absolute atomic E-state index is 0.0135. The highest BCUT2D eigenvalue weighted by Crippen LogP contribution is 2.38. The van der Waals surface area contributed by atoms with E-state index in [0.29, 0.717) is 15.0 Å². The molecule has 0 fully saturated rings. The second-order valence-corrected chi connectivity index (χ2v) is 9.01. The van der Waals surface area contributed by atoms with E-state index in [-0.39, 0.29) is 35.7 Å². The van der Waals surface area contributed by atoms with E-state index in [9.17, 15) is 14.4 Å². The highest BCUT2D eigenvalue weighted by Gasteiger charge is 2.37. The minimum Gasteiger partial charge on any atom is -0.478 e. The van der Waals surface area contributed by atoms with Crippen molar-refractivity contribution >= 4 is 26.5 Å². The molecule has 1 aromatic carbocycles. The third-order valence-electron chi connectivity index (χ3n) is 3.91. The molecule has 27 heavy (non-hydrogen) atoms. The topological polar surface area (TPSA) is 89.9 Å². The number of esters is 2. The van der Waals surface area contributed by atoms with Crippen molar-refractivity contribution in [1.82, 2.24) is 0 Å². The van der Waals surface area contributed by atoms with Gasteiger partial charge in [0, 0.05) is 0 Å². The van der Waals surface area contributed by atoms with E-state index in [0.717, 1.165) is 6.16 Å². The molecule has 0 amide bonds. The fourth-order valence-electron chi connectivity index (χ4n) is 3.14. The van der Waals surface area contributed by atoms with Gasteiger partial charge >= 0.3 is 17.9 Å². The van der Waals surface area contributed by atoms with Crippen LogP contribution in [0.5, 0.6) is 0 Å². The van der Waals surface area contributed by atoms with Crippen LogP contribution in [0.1, 0.15) is 54.8 Å². The number of hydrogen-bond acceptors (Lipinski definition) is 5. The minimum atomic E-state index is -1.20. The molecule has 0 bridgehead atoms. The van der Waals surface area contributed by atoms with Gasteiger partial charge in [-0.25, -0.2) is 9.59 Å². The highest BCUT2D eigenvalue weighted by atomic mass is 31.1. The number of carbonyl (C=O) groups excluding carboxylic acids is 2. The van der Waals surface area contributed by atoms with Crippen LogP contribution in [0, 0.1) is 10.8 Å². The summed E-state index contributed by atoms with van der Waals surface area (Å²) in [4.78, 5) is 35.8. The molecule has 0 aliphatic rings. The highest BCUT2D eigenvalue weighted by molar-refractivity contribution is 7.37. The van der Waals surface area contributed by atoms with Gasteiger partial charge < -0.3 is 14.6 Å². The van der Waals surface area contributed by atoms with E-state index in [1.807, 2.05) is 6.92 Å². The van der Waals surface area contributed by atoms with E-state index >= 15 is 0 Å². The van der Waals surface area contributed by atoms with E-state index in [2.05, 4.69) is 27.4 Å². The smallest absolute Gasteiger partial charge is 0.339 e. The Morgan fingerprint density at radius 3 is 2.07 bits per heavy atom. The lowest BCUT2D eigenvalue weighted by atomic mass is 9.76. The molecule has 0 aromatic heterocycles. The van der Waals surface area contributed by atoms with Crippen LogP contribution < -0.4 is 0 Å². The van der Waals surface area contributed by atoms with Crippen LogP contribution in [-0.4, -0.2) is 49.1 Å². The molecule has 2 unspecified atom stereocenters. The Balaban J connectivity index is 2.61. The first kappa shape index (κ1) is 23.1. The average Bonchev–Trinajstić information content (AvgIpc) is 2.56. The van der Waals surface area contributed by atoms with Crippen LogP contribution in [0.4, 0.5) is 0 Å². The van der Waals surface area contributed by atoms with Gasteiger partial charge in [-0.05, 0) is 43.7 Å². The predicted molar refractivity (Wildman–Crippen MR) is 106 cm³/mol. The van der Waals surface area contributed by atoms with E-state index in [4.69, 9.17) is 14.6 Å². The van der Waals surface area contributed by atoms with Crippen molar-refractivity contribution in [2.75, 3.05) is 26.0 Å². The normalized spacial score (nSPS) is 14.0. The van der Waals surface area contributed by atoms with Gasteiger partial charge in [-0.1, -0.05) is 32.9 Å². The third-order valence-corrected chi connectivity index (χ3v) is 5.04. The van der Waals surface area contributed by atoms with Crippen LogP contribution in [-0.2, 0) is 14.3 Å². The number of carboxylic acids is 1. The summed E-state index contributed by atoms with van der Waals surface area (Å²) in [5.74, 6) is -2.25. The first-order valence-corrected chi connectivity index (χ1v) is 10.5. The molecule has 1 aromatic rings. The van der Waals surface area contributed by atoms with Gasteiger partial charge in [0.05, 0.1) is 16.5 Å². The van der Waals surface area contributed by atoms with E-state index in [1.54, 1.807) is 6.07 Å². The van der Waals surface area contributed by atoms with Crippen molar-refractivity contribution in [1.29, 1.82) is 0 Å². The largest absolute Gasteiger partial charge is 0.478 e. The zero-order valence-corrected chi connectivity index (χ0v) is 17.6. The lowest BCUT2D eigenvalue weighted by Crippen LogP contribution is -2.36. The number of aromatic carboxylic acids is 1. The summed E-state index contributed by atoms with van der Waals surface area (Å²) in [6.07, 6.45) is 1.44. The maximum absolute atomic E-state index is 12.6. The third kappa shape index (κ3) is 7.30. The molecular weight excluding hydrogens is 367 g/mol. The number of hydrogen-bond donors (Lipinski definition) is 1. The maximum Gasteiger partial charge on any atom is 0.339 e. The number of carbonyl (C=O) groups is 3. The van der Waals surface area contributed by atoms with Crippen molar-refractivity contribution in [2.24, 2.45) is 10.8 Å². The van der Waals surface area contributed by atoms with Crippen LogP contribution >= 0.6 is 8.58 Å². The zero-order chi connectivity index (χ0) is 20.7. The van der Waals surface area contributed by atoms with Gasteiger partial charge in [0.2, 0.25) is 0 Å². The van der Waals surface area contributed by atoms with Crippen molar-refractivity contribution in [3.63, 3.8) is 0 Å². The van der Waals surface area contributed by atoms with Gasteiger partial charge in [-0.15, -0.1) is 8.58 Å². The monoisotopic (exact) mass is 396 g/mol. The molecule has 1 rings (SSSR count). The van der Waals surface area contributed by atoms with Crippen LogP contribution in [0.3, 0.4) is 0 Å². The summed E-state index contributed by atoms with van der Waals surface area (Å²) in [6.45, 7) is 10.0. The second-order valence-electron chi connectivity index (χ2n) is 7.95. The Bertz CT molecular complexity index is 679. The van der Waals surface area contributed by atoms with Crippen molar-refractivity contribution in [2.45, 2.75) is 34.1 Å². The SMILES string of the molecule is CPCC(C)(CC(C)(C)C)C(=O)OCCOC(=O)c1ccccc1C(=O)O. The lowest BCUT2D eigenvalue weighted by molar-refractivity contribution is -0.156. The Hall–Kier alpha value is -1.94. The second kappa shape index (κ2) is 9.84. The summed E-state index contributed by atoms with van der Waals surface area (Å²) >= 11 is 0. The average molecular weight is 396 g/mol. The van der Waals surface area contributed by atoms with Crippen LogP contribution in [0.2, 0.25) is 0 Å². The van der Waals surface area contributed by atoms with Gasteiger partial charge in [-0.3, -0.25) is 4.79 Å². The molecular formula is C20H29O6P. The van der Waals surface area contributed by atoms with Crippen molar-refractivity contribution in [3.05, 3.63) is 35.4 Å². The van der Waals surface area contributed by atoms with E-state index < -0.39 is 17.4 Å². The van der Waals surface area contributed by atoms with Gasteiger partial charge in [0.25, 0.3) is 0 Å². The molecule has 0 saturated heterocycles. The summed E-state index contributed by atoms with van der Waals surface area (Å²) in [7, 11) is 0.624. The number of benzene rings is 1.